The Kier molecular flexibility index (Phi) is 1.96. The van der Waals surface area contributed by atoms with Crippen molar-refractivity contribution in [2.45, 2.75) is 0 Å². The SMILES string of the molecule is Cn1c(-c2ccco2)ccc1-c1ccco1. The Morgan fingerprint density at radius 1 is 0.812 bits per heavy atom. The van der Waals surface area contributed by atoms with E-state index in [1.54, 1.807) is 12.5 Å². The van der Waals surface area contributed by atoms with Gasteiger partial charge in [-0.2, -0.15) is 0 Å². The summed E-state index contributed by atoms with van der Waals surface area (Å²) in [6, 6.07) is 11.7. The van der Waals surface area contributed by atoms with Gasteiger partial charge in [0.05, 0.1) is 23.9 Å². The Labute approximate surface area is 92.9 Å². The lowest BCUT2D eigenvalue weighted by molar-refractivity contribution is 0.570. The van der Waals surface area contributed by atoms with E-state index in [9.17, 15) is 0 Å². The molecule has 3 heteroatoms. The molecule has 0 spiro atoms. The van der Waals surface area contributed by atoms with Gasteiger partial charge in [0.2, 0.25) is 0 Å². The lowest BCUT2D eigenvalue weighted by Gasteiger charge is -2.03. The van der Waals surface area contributed by atoms with Crippen molar-refractivity contribution in [1.82, 2.24) is 4.57 Å². The Morgan fingerprint density at radius 3 is 1.69 bits per heavy atom. The number of furan rings is 2. The van der Waals surface area contributed by atoms with Crippen LogP contribution in [0.5, 0.6) is 0 Å². The molecule has 0 bridgehead atoms. The van der Waals surface area contributed by atoms with Gasteiger partial charge >= 0.3 is 0 Å². The Balaban J connectivity index is 2.12. The number of hydrogen-bond acceptors (Lipinski definition) is 2. The molecule has 0 saturated heterocycles. The highest BCUT2D eigenvalue weighted by molar-refractivity contribution is 5.63. The zero-order valence-corrected chi connectivity index (χ0v) is 8.88. The summed E-state index contributed by atoms with van der Waals surface area (Å²) in [5.74, 6) is 1.72. The van der Waals surface area contributed by atoms with E-state index in [1.165, 1.54) is 0 Å². The molecule has 0 aliphatic heterocycles. The van der Waals surface area contributed by atoms with Gasteiger partial charge in [0, 0.05) is 7.05 Å². The average Bonchev–Trinajstić information content (AvgIpc) is 2.96. The van der Waals surface area contributed by atoms with Crippen molar-refractivity contribution in [3.05, 3.63) is 48.9 Å². The highest BCUT2D eigenvalue weighted by Crippen LogP contribution is 2.28. The minimum atomic E-state index is 0.861. The van der Waals surface area contributed by atoms with Crippen LogP contribution in [0.2, 0.25) is 0 Å². The second kappa shape index (κ2) is 3.45. The van der Waals surface area contributed by atoms with Crippen LogP contribution in [0.1, 0.15) is 0 Å². The fourth-order valence-corrected chi connectivity index (χ4v) is 1.85. The van der Waals surface area contributed by atoms with E-state index < -0.39 is 0 Å². The summed E-state index contributed by atoms with van der Waals surface area (Å²) in [6.45, 7) is 0. The summed E-state index contributed by atoms with van der Waals surface area (Å²) >= 11 is 0. The normalized spacial score (nSPS) is 10.8. The van der Waals surface area contributed by atoms with Crippen molar-refractivity contribution in [3.63, 3.8) is 0 Å². The van der Waals surface area contributed by atoms with Crippen LogP contribution < -0.4 is 0 Å². The van der Waals surface area contributed by atoms with E-state index in [0.29, 0.717) is 0 Å². The average molecular weight is 213 g/mol. The number of nitrogens with zero attached hydrogens (tertiary/aromatic N) is 1. The summed E-state index contributed by atoms with van der Waals surface area (Å²) in [4.78, 5) is 0. The van der Waals surface area contributed by atoms with Crippen LogP contribution in [0.3, 0.4) is 0 Å². The molecule has 0 atom stereocenters. The number of aromatic nitrogens is 1. The molecule has 80 valence electrons. The summed E-state index contributed by atoms with van der Waals surface area (Å²) in [5, 5.41) is 0. The standard InChI is InChI=1S/C13H11NO2/c1-14-10(12-4-2-8-15-12)6-7-11(14)13-5-3-9-16-13/h2-9H,1H3. The maximum absolute atomic E-state index is 5.38. The van der Waals surface area contributed by atoms with Gasteiger partial charge in [-0.05, 0) is 36.4 Å². The molecule has 0 aromatic carbocycles. The first kappa shape index (κ1) is 9.09. The van der Waals surface area contributed by atoms with E-state index in [-0.39, 0.29) is 0 Å². The van der Waals surface area contributed by atoms with Crippen LogP contribution in [0.15, 0.2) is 57.8 Å². The zero-order valence-electron chi connectivity index (χ0n) is 8.88. The summed E-state index contributed by atoms with van der Waals surface area (Å²) in [5.41, 5.74) is 2.08. The molecule has 0 N–H and O–H groups in total. The second-order valence-corrected chi connectivity index (χ2v) is 3.62. The molecule has 3 aromatic heterocycles. The van der Waals surface area contributed by atoms with Crippen molar-refractivity contribution >= 4 is 0 Å². The molecule has 16 heavy (non-hydrogen) atoms. The lowest BCUT2D eigenvalue weighted by atomic mass is 10.3. The largest absolute Gasteiger partial charge is 0.463 e. The molecular weight excluding hydrogens is 202 g/mol. The van der Waals surface area contributed by atoms with Crippen LogP contribution in [-0.4, -0.2) is 4.57 Å². The van der Waals surface area contributed by atoms with Gasteiger partial charge in [-0.3, -0.25) is 0 Å². The molecule has 3 heterocycles. The molecule has 0 fully saturated rings. The van der Waals surface area contributed by atoms with Gasteiger partial charge in [0.15, 0.2) is 0 Å². The third kappa shape index (κ3) is 1.29. The van der Waals surface area contributed by atoms with E-state index >= 15 is 0 Å². The van der Waals surface area contributed by atoms with Gasteiger partial charge in [-0.1, -0.05) is 0 Å². The predicted molar refractivity (Wildman–Crippen MR) is 60.8 cm³/mol. The van der Waals surface area contributed by atoms with Gasteiger partial charge in [-0.25, -0.2) is 0 Å². The maximum atomic E-state index is 5.38. The van der Waals surface area contributed by atoms with Gasteiger partial charge in [0.25, 0.3) is 0 Å². The quantitative estimate of drug-likeness (QED) is 0.651. The van der Waals surface area contributed by atoms with Crippen LogP contribution in [-0.2, 0) is 7.05 Å². The van der Waals surface area contributed by atoms with Crippen molar-refractivity contribution in [2.75, 3.05) is 0 Å². The summed E-state index contributed by atoms with van der Waals surface area (Å²) in [7, 11) is 2.00. The molecule has 0 radical (unpaired) electrons. The van der Waals surface area contributed by atoms with Crippen molar-refractivity contribution < 1.29 is 8.83 Å². The molecule has 3 aromatic rings. The predicted octanol–water partition coefficient (Wildman–Crippen LogP) is 3.55. The smallest absolute Gasteiger partial charge is 0.150 e. The topological polar surface area (TPSA) is 31.2 Å². The van der Waals surface area contributed by atoms with Gasteiger partial charge < -0.3 is 13.4 Å². The molecule has 0 unspecified atom stereocenters. The molecule has 0 aliphatic rings. The third-order valence-corrected chi connectivity index (χ3v) is 2.67. The first-order valence-corrected chi connectivity index (χ1v) is 5.10. The summed E-state index contributed by atoms with van der Waals surface area (Å²) in [6.07, 6.45) is 3.35. The van der Waals surface area contributed by atoms with Gasteiger partial charge in [0.1, 0.15) is 11.5 Å². The third-order valence-electron chi connectivity index (χ3n) is 2.67. The van der Waals surface area contributed by atoms with E-state index in [4.69, 9.17) is 8.83 Å². The van der Waals surface area contributed by atoms with E-state index in [1.807, 2.05) is 43.4 Å². The van der Waals surface area contributed by atoms with Crippen LogP contribution >= 0.6 is 0 Å². The van der Waals surface area contributed by atoms with E-state index in [2.05, 4.69) is 4.57 Å². The molecule has 0 saturated carbocycles. The first-order valence-electron chi connectivity index (χ1n) is 5.10. The highest BCUT2D eigenvalue weighted by atomic mass is 16.3. The van der Waals surface area contributed by atoms with Crippen LogP contribution in [0, 0.1) is 0 Å². The summed E-state index contributed by atoms with van der Waals surface area (Å²) < 4.78 is 12.8. The highest BCUT2D eigenvalue weighted by Gasteiger charge is 2.11. The molecule has 0 amide bonds. The molecule has 3 nitrogen and oxygen atoms in total. The number of rotatable bonds is 2. The fourth-order valence-electron chi connectivity index (χ4n) is 1.85. The lowest BCUT2D eigenvalue weighted by Crippen LogP contribution is -1.92. The van der Waals surface area contributed by atoms with Crippen molar-refractivity contribution in [2.24, 2.45) is 7.05 Å². The second-order valence-electron chi connectivity index (χ2n) is 3.62. The molecule has 3 rings (SSSR count). The molecular formula is C13H11NO2. The molecule has 0 aliphatic carbocycles. The zero-order chi connectivity index (χ0) is 11.0. The van der Waals surface area contributed by atoms with Crippen LogP contribution in [0.4, 0.5) is 0 Å². The van der Waals surface area contributed by atoms with Crippen LogP contribution in [0.25, 0.3) is 22.9 Å². The Hall–Kier alpha value is -2.16. The minimum absolute atomic E-state index is 0.861. The van der Waals surface area contributed by atoms with Gasteiger partial charge in [-0.15, -0.1) is 0 Å². The maximum Gasteiger partial charge on any atom is 0.150 e. The Bertz CT molecular complexity index is 522. The first-order chi connectivity index (χ1) is 7.86. The number of hydrogen-bond donors (Lipinski definition) is 0. The van der Waals surface area contributed by atoms with Crippen molar-refractivity contribution in [1.29, 1.82) is 0 Å². The fraction of sp³-hybridized carbons (Fsp3) is 0.0769. The Morgan fingerprint density at radius 2 is 1.31 bits per heavy atom. The monoisotopic (exact) mass is 213 g/mol. The van der Waals surface area contributed by atoms with E-state index in [0.717, 1.165) is 22.9 Å². The minimum Gasteiger partial charge on any atom is -0.463 e. The van der Waals surface area contributed by atoms with Crippen molar-refractivity contribution in [3.8, 4) is 22.9 Å².